The van der Waals surface area contributed by atoms with Crippen molar-refractivity contribution in [3.05, 3.63) is 68.3 Å². The minimum Gasteiger partial charge on any atom is -0.345 e. The van der Waals surface area contributed by atoms with Crippen molar-refractivity contribution in [2.75, 3.05) is 0 Å². The molecule has 3 heteroatoms. The standard InChI is InChI=1S/C19H20INO/c1-13(21-19(22)17-8-4-5-9-18(17)20)15-11-10-14-6-2-3-7-16(14)12-15/h4-5,8-13H,2-3,6-7H2,1H3,(H,21,22)/t13-/m0/s1. The van der Waals surface area contributed by atoms with Gasteiger partial charge < -0.3 is 5.32 Å². The topological polar surface area (TPSA) is 29.1 Å². The molecule has 0 heterocycles. The lowest BCUT2D eigenvalue weighted by Crippen LogP contribution is -2.27. The summed E-state index contributed by atoms with van der Waals surface area (Å²) in [6.07, 6.45) is 4.93. The highest BCUT2D eigenvalue weighted by Gasteiger charge is 2.16. The number of benzene rings is 2. The van der Waals surface area contributed by atoms with Gasteiger partial charge in [0.1, 0.15) is 0 Å². The van der Waals surface area contributed by atoms with E-state index in [0.29, 0.717) is 0 Å². The number of fused-ring (bicyclic) bond motifs is 1. The summed E-state index contributed by atoms with van der Waals surface area (Å²) < 4.78 is 0.982. The average Bonchev–Trinajstić information content (AvgIpc) is 2.54. The molecule has 1 atom stereocenters. The van der Waals surface area contributed by atoms with Crippen LogP contribution in [0, 0.1) is 3.57 Å². The fourth-order valence-electron chi connectivity index (χ4n) is 3.03. The molecule has 0 unspecified atom stereocenters. The molecule has 1 aliphatic carbocycles. The number of hydrogen-bond donors (Lipinski definition) is 1. The maximum Gasteiger partial charge on any atom is 0.252 e. The molecule has 0 aromatic heterocycles. The molecule has 1 aliphatic rings. The molecule has 0 radical (unpaired) electrons. The van der Waals surface area contributed by atoms with E-state index in [0.717, 1.165) is 9.13 Å². The van der Waals surface area contributed by atoms with E-state index in [9.17, 15) is 4.79 Å². The van der Waals surface area contributed by atoms with Gasteiger partial charge in [0.25, 0.3) is 5.91 Å². The van der Waals surface area contributed by atoms with E-state index in [1.807, 2.05) is 24.3 Å². The summed E-state index contributed by atoms with van der Waals surface area (Å²) in [4.78, 5) is 12.4. The van der Waals surface area contributed by atoms with Crippen molar-refractivity contribution in [1.29, 1.82) is 0 Å². The van der Waals surface area contributed by atoms with Crippen LogP contribution in [0.5, 0.6) is 0 Å². The Hall–Kier alpha value is -1.36. The summed E-state index contributed by atoms with van der Waals surface area (Å²) in [5, 5.41) is 3.12. The van der Waals surface area contributed by atoms with Gasteiger partial charge in [-0.25, -0.2) is 0 Å². The summed E-state index contributed by atoms with van der Waals surface area (Å²) in [5.41, 5.74) is 4.87. The molecule has 0 saturated heterocycles. The third kappa shape index (κ3) is 3.35. The Morgan fingerprint density at radius 3 is 2.59 bits per heavy atom. The van der Waals surface area contributed by atoms with Crippen molar-refractivity contribution in [2.24, 2.45) is 0 Å². The predicted octanol–water partition coefficient (Wildman–Crippen LogP) is 4.66. The van der Waals surface area contributed by atoms with Crippen molar-refractivity contribution < 1.29 is 4.79 Å². The molecular formula is C19H20INO. The van der Waals surface area contributed by atoms with Crippen molar-refractivity contribution in [3.8, 4) is 0 Å². The van der Waals surface area contributed by atoms with E-state index in [1.54, 1.807) is 0 Å². The van der Waals surface area contributed by atoms with Gasteiger partial charge in [0.2, 0.25) is 0 Å². The zero-order valence-electron chi connectivity index (χ0n) is 12.7. The van der Waals surface area contributed by atoms with E-state index in [4.69, 9.17) is 0 Å². The van der Waals surface area contributed by atoms with Crippen molar-refractivity contribution in [1.82, 2.24) is 5.32 Å². The van der Waals surface area contributed by atoms with E-state index in [1.165, 1.54) is 42.4 Å². The smallest absolute Gasteiger partial charge is 0.252 e. The number of carbonyl (C=O) groups is 1. The SMILES string of the molecule is C[C@H](NC(=O)c1ccccc1I)c1ccc2c(c1)CCCC2. The van der Waals surface area contributed by atoms with Crippen LogP contribution < -0.4 is 5.32 Å². The molecule has 0 fully saturated rings. The molecule has 1 amide bonds. The molecule has 0 saturated carbocycles. The lowest BCUT2D eigenvalue weighted by Gasteiger charge is -2.20. The summed E-state index contributed by atoms with van der Waals surface area (Å²) >= 11 is 2.20. The first-order valence-corrected chi connectivity index (χ1v) is 8.90. The van der Waals surface area contributed by atoms with E-state index >= 15 is 0 Å². The number of rotatable bonds is 3. The number of amides is 1. The van der Waals surface area contributed by atoms with Gasteiger partial charge in [0.15, 0.2) is 0 Å². The first-order valence-electron chi connectivity index (χ1n) is 7.82. The van der Waals surface area contributed by atoms with Crippen LogP contribution in [0.1, 0.15) is 52.9 Å². The second-order valence-corrected chi connectivity index (χ2v) is 7.07. The maximum atomic E-state index is 12.4. The van der Waals surface area contributed by atoms with Gasteiger partial charge in [0, 0.05) is 3.57 Å². The number of hydrogen-bond acceptors (Lipinski definition) is 1. The minimum absolute atomic E-state index is 0.00443. The molecule has 1 N–H and O–H groups in total. The number of halogens is 1. The highest BCUT2D eigenvalue weighted by atomic mass is 127. The van der Waals surface area contributed by atoms with Crippen LogP contribution in [0.15, 0.2) is 42.5 Å². The van der Waals surface area contributed by atoms with Crippen LogP contribution in [0.4, 0.5) is 0 Å². The monoisotopic (exact) mass is 405 g/mol. The van der Waals surface area contributed by atoms with Gasteiger partial charge in [-0.1, -0.05) is 30.3 Å². The molecule has 114 valence electrons. The first kappa shape index (κ1) is 15.5. The zero-order valence-corrected chi connectivity index (χ0v) is 14.9. The summed E-state index contributed by atoms with van der Waals surface area (Å²) in [6, 6.07) is 14.4. The predicted molar refractivity (Wildman–Crippen MR) is 98.1 cm³/mol. The fraction of sp³-hybridized carbons (Fsp3) is 0.316. The molecule has 2 aromatic rings. The second-order valence-electron chi connectivity index (χ2n) is 5.91. The van der Waals surface area contributed by atoms with Crippen LogP contribution in [0.3, 0.4) is 0 Å². The van der Waals surface area contributed by atoms with E-state index in [2.05, 4.69) is 53.0 Å². The van der Waals surface area contributed by atoms with Gasteiger partial charge in [-0.3, -0.25) is 4.79 Å². The van der Waals surface area contributed by atoms with Crippen molar-refractivity contribution in [3.63, 3.8) is 0 Å². The van der Waals surface area contributed by atoms with Crippen LogP contribution in [0.2, 0.25) is 0 Å². The van der Waals surface area contributed by atoms with Crippen LogP contribution in [-0.4, -0.2) is 5.91 Å². The maximum absolute atomic E-state index is 12.4. The van der Waals surface area contributed by atoms with Crippen LogP contribution in [-0.2, 0) is 12.8 Å². The number of nitrogens with one attached hydrogen (secondary N) is 1. The molecule has 0 spiro atoms. The Kier molecular flexibility index (Phi) is 4.81. The Labute approximate surface area is 145 Å². The van der Waals surface area contributed by atoms with Gasteiger partial charge in [-0.05, 0) is 84.0 Å². The average molecular weight is 405 g/mol. The normalized spacial score (nSPS) is 15.0. The number of carbonyl (C=O) groups excluding carboxylic acids is 1. The van der Waals surface area contributed by atoms with Crippen molar-refractivity contribution in [2.45, 2.75) is 38.6 Å². The van der Waals surface area contributed by atoms with Gasteiger partial charge >= 0.3 is 0 Å². The molecule has 2 nitrogen and oxygen atoms in total. The lowest BCUT2D eigenvalue weighted by molar-refractivity contribution is 0.0939. The molecule has 22 heavy (non-hydrogen) atoms. The highest BCUT2D eigenvalue weighted by molar-refractivity contribution is 14.1. The minimum atomic E-state index is -0.00443. The summed E-state index contributed by atoms with van der Waals surface area (Å²) in [5.74, 6) is -0.00443. The van der Waals surface area contributed by atoms with E-state index in [-0.39, 0.29) is 11.9 Å². The quantitative estimate of drug-likeness (QED) is 0.740. The lowest BCUT2D eigenvalue weighted by atomic mass is 9.89. The van der Waals surface area contributed by atoms with Crippen molar-refractivity contribution >= 4 is 28.5 Å². The second kappa shape index (κ2) is 6.82. The zero-order chi connectivity index (χ0) is 15.5. The Morgan fingerprint density at radius 1 is 1.09 bits per heavy atom. The third-order valence-corrected chi connectivity index (χ3v) is 5.28. The van der Waals surface area contributed by atoms with Crippen LogP contribution in [0.25, 0.3) is 0 Å². The molecule has 0 aliphatic heterocycles. The van der Waals surface area contributed by atoms with Crippen LogP contribution >= 0.6 is 22.6 Å². The largest absolute Gasteiger partial charge is 0.345 e. The Bertz CT molecular complexity index is 696. The Morgan fingerprint density at radius 2 is 1.82 bits per heavy atom. The highest BCUT2D eigenvalue weighted by Crippen LogP contribution is 2.25. The first-order chi connectivity index (χ1) is 10.6. The number of aryl methyl sites for hydroxylation is 2. The summed E-state index contributed by atoms with van der Waals surface area (Å²) in [7, 11) is 0. The summed E-state index contributed by atoms with van der Waals surface area (Å²) in [6.45, 7) is 2.05. The third-order valence-electron chi connectivity index (χ3n) is 4.34. The molecular weight excluding hydrogens is 385 g/mol. The van der Waals surface area contributed by atoms with Gasteiger partial charge in [-0.15, -0.1) is 0 Å². The van der Waals surface area contributed by atoms with Gasteiger partial charge in [-0.2, -0.15) is 0 Å². The molecule has 0 bridgehead atoms. The van der Waals surface area contributed by atoms with E-state index < -0.39 is 0 Å². The molecule has 2 aromatic carbocycles. The fourth-order valence-corrected chi connectivity index (χ4v) is 3.66. The molecule has 3 rings (SSSR count). The van der Waals surface area contributed by atoms with Gasteiger partial charge in [0.05, 0.1) is 11.6 Å². The Balaban J connectivity index is 1.76.